The third-order valence-corrected chi connectivity index (χ3v) is 6.26. The summed E-state index contributed by atoms with van der Waals surface area (Å²) < 4.78 is 5.84. The summed E-state index contributed by atoms with van der Waals surface area (Å²) in [7, 11) is 0. The van der Waals surface area contributed by atoms with Crippen LogP contribution < -0.4 is 9.64 Å². The summed E-state index contributed by atoms with van der Waals surface area (Å²) >= 11 is 0. The SMILES string of the molecule is CCOc1ccccc1C1CC(=O)N(c2ccc3ccccc3c2)C2=C1C(=O)CCC2. The molecule has 31 heavy (non-hydrogen) atoms. The normalized spacial score (nSPS) is 19.0. The molecule has 0 N–H and O–H groups in total. The van der Waals surface area contributed by atoms with Crippen LogP contribution in [0.1, 0.15) is 44.1 Å². The molecule has 1 heterocycles. The maximum Gasteiger partial charge on any atom is 0.232 e. The number of hydrogen-bond acceptors (Lipinski definition) is 3. The second-order valence-corrected chi connectivity index (χ2v) is 8.13. The maximum atomic E-state index is 13.5. The van der Waals surface area contributed by atoms with Gasteiger partial charge in [-0.3, -0.25) is 14.5 Å². The Morgan fingerprint density at radius 2 is 1.71 bits per heavy atom. The maximum absolute atomic E-state index is 13.5. The molecule has 2 aliphatic rings. The minimum Gasteiger partial charge on any atom is -0.494 e. The van der Waals surface area contributed by atoms with Crippen LogP contribution in [0.5, 0.6) is 5.75 Å². The van der Waals surface area contributed by atoms with Gasteiger partial charge in [-0.2, -0.15) is 0 Å². The number of benzene rings is 3. The van der Waals surface area contributed by atoms with Crippen molar-refractivity contribution < 1.29 is 14.3 Å². The number of hydrogen-bond donors (Lipinski definition) is 0. The molecule has 0 fully saturated rings. The van der Waals surface area contributed by atoms with Crippen molar-refractivity contribution in [3.8, 4) is 5.75 Å². The third-order valence-electron chi connectivity index (χ3n) is 6.26. The number of fused-ring (bicyclic) bond motifs is 1. The van der Waals surface area contributed by atoms with E-state index in [-0.39, 0.29) is 24.0 Å². The molecule has 1 unspecified atom stereocenters. The number of ether oxygens (including phenoxy) is 1. The molecule has 4 nitrogen and oxygen atoms in total. The Labute approximate surface area is 182 Å². The highest BCUT2D eigenvalue weighted by Gasteiger charge is 2.40. The third kappa shape index (κ3) is 3.42. The molecule has 0 radical (unpaired) electrons. The van der Waals surface area contributed by atoms with Gasteiger partial charge in [0.1, 0.15) is 5.75 Å². The molecule has 1 aliphatic heterocycles. The first-order valence-electron chi connectivity index (χ1n) is 11.0. The summed E-state index contributed by atoms with van der Waals surface area (Å²) in [6.45, 7) is 2.49. The lowest BCUT2D eigenvalue weighted by molar-refractivity contribution is -0.119. The van der Waals surface area contributed by atoms with Gasteiger partial charge < -0.3 is 4.74 Å². The number of rotatable bonds is 4. The van der Waals surface area contributed by atoms with Gasteiger partial charge in [0.25, 0.3) is 0 Å². The lowest BCUT2D eigenvalue weighted by atomic mass is 9.77. The minimum absolute atomic E-state index is 0.0278. The molecule has 0 bridgehead atoms. The fraction of sp³-hybridized carbons (Fsp3) is 0.259. The molecule has 3 aromatic carbocycles. The molecular weight excluding hydrogens is 386 g/mol. The molecular formula is C27H25NO3. The van der Waals surface area contributed by atoms with Gasteiger partial charge in [0.15, 0.2) is 5.78 Å². The summed E-state index contributed by atoms with van der Waals surface area (Å²) in [5, 5.41) is 2.22. The number of allylic oxidation sites excluding steroid dienone is 2. The standard InChI is InChI=1S/C27H25NO3/c1-2-31-25-13-6-5-10-21(25)22-17-26(30)28(23-11-7-12-24(29)27(22)23)20-15-14-18-8-3-4-9-19(18)16-20/h3-6,8-10,13-16,22H,2,7,11-12,17H2,1H3. The van der Waals surface area contributed by atoms with E-state index < -0.39 is 0 Å². The lowest BCUT2D eigenvalue weighted by Gasteiger charge is -2.38. The molecule has 0 aromatic heterocycles. The van der Waals surface area contributed by atoms with Crippen LogP contribution >= 0.6 is 0 Å². The van der Waals surface area contributed by atoms with Crippen LogP contribution in [0.2, 0.25) is 0 Å². The Morgan fingerprint density at radius 1 is 0.935 bits per heavy atom. The average Bonchev–Trinajstić information content (AvgIpc) is 2.79. The van der Waals surface area contributed by atoms with E-state index in [2.05, 4.69) is 12.1 Å². The lowest BCUT2D eigenvalue weighted by Crippen LogP contribution is -2.40. The van der Waals surface area contributed by atoms with Crippen molar-refractivity contribution in [2.75, 3.05) is 11.5 Å². The Hall–Kier alpha value is -3.40. The predicted octanol–water partition coefficient (Wildman–Crippen LogP) is 5.77. The first-order valence-corrected chi connectivity index (χ1v) is 11.0. The predicted molar refractivity (Wildman–Crippen MR) is 122 cm³/mol. The fourth-order valence-corrected chi connectivity index (χ4v) is 4.93. The van der Waals surface area contributed by atoms with Crippen LogP contribution in [-0.2, 0) is 9.59 Å². The largest absolute Gasteiger partial charge is 0.494 e. The minimum atomic E-state index is -0.255. The highest BCUT2D eigenvalue weighted by molar-refractivity contribution is 6.08. The fourth-order valence-electron chi connectivity index (χ4n) is 4.93. The molecule has 5 rings (SSSR count). The number of carbonyl (C=O) groups is 2. The summed E-state index contributed by atoms with van der Waals surface area (Å²) in [5.41, 5.74) is 3.41. The Bertz CT molecular complexity index is 1210. The van der Waals surface area contributed by atoms with Gasteiger partial charge in [0.2, 0.25) is 5.91 Å². The summed E-state index contributed by atoms with van der Waals surface area (Å²) in [5.74, 6) is 0.679. The van der Waals surface area contributed by atoms with Gasteiger partial charge in [0, 0.05) is 41.3 Å². The molecule has 4 heteroatoms. The quantitative estimate of drug-likeness (QED) is 0.548. The van der Waals surface area contributed by atoms with Crippen molar-refractivity contribution in [1.29, 1.82) is 0 Å². The number of amides is 1. The van der Waals surface area contributed by atoms with Gasteiger partial charge in [0.05, 0.1) is 6.61 Å². The van der Waals surface area contributed by atoms with E-state index >= 15 is 0 Å². The second-order valence-electron chi connectivity index (χ2n) is 8.13. The first kappa shape index (κ1) is 19.6. The topological polar surface area (TPSA) is 46.6 Å². The van der Waals surface area contributed by atoms with Gasteiger partial charge >= 0.3 is 0 Å². The van der Waals surface area contributed by atoms with E-state index in [1.165, 1.54) is 0 Å². The number of anilines is 1. The van der Waals surface area contributed by atoms with Gasteiger partial charge in [-0.1, -0.05) is 48.5 Å². The van der Waals surface area contributed by atoms with E-state index in [4.69, 9.17) is 4.74 Å². The molecule has 156 valence electrons. The number of ketones is 1. The van der Waals surface area contributed by atoms with Crippen molar-refractivity contribution in [2.45, 2.75) is 38.5 Å². The summed E-state index contributed by atoms with van der Waals surface area (Å²) in [4.78, 5) is 28.4. The molecule has 0 saturated heterocycles. The van der Waals surface area contributed by atoms with Crippen molar-refractivity contribution in [3.63, 3.8) is 0 Å². The molecule has 1 amide bonds. The molecule has 0 spiro atoms. The number of carbonyl (C=O) groups excluding carboxylic acids is 2. The molecule has 3 aromatic rings. The number of Topliss-reactive ketones (excluding diaryl/α,β-unsaturated/α-hetero) is 1. The smallest absolute Gasteiger partial charge is 0.232 e. The van der Waals surface area contributed by atoms with E-state index in [1.807, 2.05) is 61.5 Å². The van der Waals surface area contributed by atoms with Crippen LogP contribution in [0, 0.1) is 0 Å². The Kier molecular flexibility index (Phi) is 5.06. The van der Waals surface area contributed by atoms with Crippen LogP contribution in [0.15, 0.2) is 78.0 Å². The zero-order chi connectivity index (χ0) is 21.4. The van der Waals surface area contributed by atoms with E-state index in [0.717, 1.165) is 51.9 Å². The van der Waals surface area contributed by atoms with Crippen molar-refractivity contribution in [1.82, 2.24) is 0 Å². The molecule has 1 atom stereocenters. The summed E-state index contributed by atoms with van der Waals surface area (Å²) in [6, 6.07) is 22.0. The van der Waals surface area contributed by atoms with E-state index in [9.17, 15) is 9.59 Å². The second kappa shape index (κ2) is 8.03. The molecule has 1 aliphatic carbocycles. The van der Waals surface area contributed by atoms with Crippen LogP contribution in [0.3, 0.4) is 0 Å². The van der Waals surface area contributed by atoms with Crippen LogP contribution in [0.4, 0.5) is 5.69 Å². The Morgan fingerprint density at radius 3 is 2.55 bits per heavy atom. The van der Waals surface area contributed by atoms with E-state index in [0.29, 0.717) is 13.0 Å². The monoisotopic (exact) mass is 411 g/mol. The average molecular weight is 412 g/mol. The number of nitrogens with zero attached hydrogens (tertiary/aromatic N) is 1. The van der Waals surface area contributed by atoms with Crippen molar-refractivity contribution in [3.05, 3.63) is 83.6 Å². The highest BCUT2D eigenvalue weighted by atomic mass is 16.5. The van der Waals surface area contributed by atoms with Crippen LogP contribution in [0.25, 0.3) is 10.8 Å². The number of para-hydroxylation sites is 1. The zero-order valence-electron chi connectivity index (χ0n) is 17.6. The van der Waals surface area contributed by atoms with Gasteiger partial charge in [-0.05, 0) is 48.7 Å². The summed E-state index contributed by atoms with van der Waals surface area (Å²) in [6.07, 6.45) is 2.30. The zero-order valence-corrected chi connectivity index (χ0v) is 17.6. The van der Waals surface area contributed by atoms with Gasteiger partial charge in [-0.15, -0.1) is 0 Å². The van der Waals surface area contributed by atoms with E-state index in [1.54, 1.807) is 4.90 Å². The van der Waals surface area contributed by atoms with Crippen molar-refractivity contribution >= 4 is 28.2 Å². The Balaban J connectivity index is 1.65. The molecule has 0 saturated carbocycles. The van der Waals surface area contributed by atoms with Gasteiger partial charge in [-0.25, -0.2) is 0 Å². The first-order chi connectivity index (χ1) is 15.2. The van der Waals surface area contributed by atoms with Crippen molar-refractivity contribution in [2.24, 2.45) is 0 Å². The highest BCUT2D eigenvalue weighted by Crippen LogP contribution is 2.45. The van der Waals surface area contributed by atoms with Crippen LogP contribution in [-0.4, -0.2) is 18.3 Å².